The number of halogens is 1. The molecule has 6 nitrogen and oxygen atoms in total. The van der Waals surface area contributed by atoms with E-state index >= 15 is 0 Å². The average Bonchev–Trinajstić information content (AvgIpc) is 2.75. The smallest absolute Gasteiger partial charge is 0.227 e. The maximum absolute atomic E-state index is 12.7. The average molecular weight is 416 g/mol. The number of nitrogens with one attached hydrogen (secondary N) is 1. The van der Waals surface area contributed by atoms with Crippen LogP contribution in [0.2, 0.25) is 5.02 Å². The number of ether oxygens (including phenoxy) is 2. The highest BCUT2D eigenvalue weighted by atomic mass is 35.5. The maximum atomic E-state index is 12.7. The quantitative estimate of drug-likeness (QED) is 0.794. The van der Waals surface area contributed by atoms with Crippen LogP contribution in [0, 0.1) is 5.92 Å². The Bertz CT molecular complexity index is 816. The number of aromatic nitrogens is 1. The van der Waals surface area contributed by atoms with Crippen molar-refractivity contribution >= 4 is 28.9 Å². The molecular weight excluding hydrogens is 390 g/mol. The summed E-state index contributed by atoms with van der Waals surface area (Å²) in [6.07, 6.45) is 5.01. The number of amides is 1. The van der Waals surface area contributed by atoms with Crippen LogP contribution in [-0.2, 0) is 9.53 Å². The molecule has 1 aliphatic carbocycles. The fourth-order valence-electron chi connectivity index (χ4n) is 3.88. The summed E-state index contributed by atoms with van der Waals surface area (Å²) in [7, 11) is 0. The molecule has 0 bridgehead atoms. The second-order valence-electron chi connectivity index (χ2n) is 7.54. The standard InChI is InChI=1S/C22H26ClN3O3/c23-17-9-10-24-21(15-17)29-20-7-1-16(2-8-20)22(27)25-18-3-5-19(6-4-18)26-11-13-28-14-12-26/h3-6,9-10,15-16,20H,1-2,7-8,11-14H2,(H,25,27). The van der Waals surface area contributed by atoms with Crippen LogP contribution in [0.5, 0.6) is 5.88 Å². The van der Waals surface area contributed by atoms with Crippen LogP contribution in [0.25, 0.3) is 0 Å². The normalized spacial score (nSPS) is 22.2. The van der Waals surface area contributed by atoms with Gasteiger partial charge in [0, 0.05) is 47.7 Å². The van der Waals surface area contributed by atoms with Crippen molar-refractivity contribution in [3.05, 3.63) is 47.6 Å². The van der Waals surface area contributed by atoms with Gasteiger partial charge in [-0.05, 0) is 56.0 Å². The third kappa shape index (κ3) is 5.40. The molecule has 4 rings (SSSR count). The fraction of sp³-hybridized carbons (Fsp3) is 0.455. The Morgan fingerprint density at radius 2 is 1.83 bits per heavy atom. The van der Waals surface area contributed by atoms with E-state index in [9.17, 15) is 4.79 Å². The first-order chi connectivity index (χ1) is 14.2. The van der Waals surface area contributed by atoms with Crippen molar-refractivity contribution < 1.29 is 14.3 Å². The molecule has 1 saturated heterocycles. The largest absolute Gasteiger partial charge is 0.474 e. The van der Waals surface area contributed by atoms with Crippen molar-refractivity contribution in [2.24, 2.45) is 5.92 Å². The second-order valence-corrected chi connectivity index (χ2v) is 7.98. The molecule has 1 N–H and O–H groups in total. The molecule has 1 aromatic heterocycles. The predicted octanol–water partition coefficient (Wildman–Crippen LogP) is 4.15. The number of nitrogens with zero attached hydrogens (tertiary/aromatic N) is 2. The van der Waals surface area contributed by atoms with E-state index < -0.39 is 0 Å². The van der Waals surface area contributed by atoms with Crippen molar-refractivity contribution in [3.8, 4) is 5.88 Å². The first-order valence-electron chi connectivity index (χ1n) is 10.2. The third-order valence-electron chi connectivity index (χ3n) is 5.54. The van der Waals surface area contributed by atoms with Crippen LogP contribution in [0.15, 0.2) is 42.6 Å². The molecule has 0 unspecified atom stereocenters. The van der Waals surface area contributed by atoms with Crippen molar-refractivity contribution in [2.75, 3.05) is 36.5 Å². The minimum Gasteiger partial charge on any atom is -0.474 e. The van der Waals surface area contributed by atoms with E-state index in [1.807, 2.05) is 12.1 Å². The van der Waals surface area contributed by atoms with E-state index in [1.54, 1.807) is 18.3 Å². The van der Waals surface area contributed by atoms with Gasteiger partial charge < -0.3 is 19.7 Å². The van der Waals surface area contributed by atoms with Gasteiger partial charge in [-0.15, -0.1) is 0 Å². The van der Waals surface area contributed by atoms with Crippen LogP contribution in [0.3, 0.4) is 0 Å². The Kier molecular flexibility index (Phi) is 6.52. The molecular formula is C22H26ClN3O3. The van der Waals surface area contributed by atoms with Crippen molar-refractivity contribution in [2.45, 2.75) is 31.8 Å². The van der Waals surface area contributed by atoms with E-state index in [0.717, 1.165) is 57.7 Å². The summed E-state index contributed by atoms with van der Waals surface area (Å²) >= 11 is 5.98. The van der Waals surface area contributed by atoms with Gasteiger partial charge in [-0.25, -0.2) is 4.98 Å². The summed E-state index contributed by atoms with van der Waals surface area (Å²) in [6.45, 7) is 3.33. The molecule has 2 aromatic rings. The van der Waals surface area contributed by atoms with E-state index in [0.29, 0.717) is 10.9 Å². The van der Waals surface area contributed by atoms with Gasteiger partial charge in [-0.1, -0.05) is 11.6 Å². The van der Waals surface area contributed by atoms with Gasteiger partial charge in [-0.2, -0.15) is 0 Å². The lowest BCUT2D eigenvalue weighted by Gasteiger charge is -2.29. The summed E-state index contributed by atoms with van der Waals surface area (Å²) in [5.74, 6) is 0.648. The molecule has 0 radical (unpaired) electrons. The summed E-state index contributed by atoms with van der Waals surface area (Å²) in [6, 6.07) is 11.5. The number of rotatable bonds is 5. The Morgan fingerprint density at radius 1 is 1.10 bits per heavy atom. The molecule has 154 valence electrons. The lowest BCUT2D eigenvalue weighted by Crippen LogP contribution is -2.36. The zero-order chi connectivity index (χ0) is 20.1. The maximum Gasteiger partial charge on any atom is 0.227 e. The molecule has 1 amide bonds. The highest BCUT2D eigenvalue weighted by molar-refractivity contribution is 6.30. The molecule has 0 atom stereocenters. The molecule has 0 spiro atoms. The van der Waals surface area contributed by atoms with Gasteiger partial charge in [0.2, 0.25) is 11.8 Å². The minimum absolute atomic E-state index is 0.0149. The van der Waals surface area contributed by atoms with Gasteiger partial charge in [0.15, 0.2) is 0 Å². The Labute approximate surface area is 176 Å². The van der Waals surface area contributed by atoms with Crippen molar-refractivity contribution in [1.29, 1.82) is 0 Å². The second kappa shape index (κ2) is 9.46. The number of benzene rings is 1. The lowest BCUT2D eigenvalue weighted by molar-refractivity contribution is -0.121. The number of pyridine rings is 1. The molecule has 29 heavy (non-hydrogen) atoms. The minimum atomic E-state index is 0.0149. The number of morpholine rings is 1. The Hall–Kier alpha value is -2.31. The number of hydrogen-bond acceptors (Lipinski definition) is 5. The number of anilines is 2. The molecule has 1 saturated carbocycles. The molecule has 2 fully saturated rings. The SMILES string of the molecule is O=C(Nc1ccc(N2CCOCC2)cc1)C1CCC(Oc2cc(Cl)ccn2)CC1. The van der Waals surface area contributed by atoms with Gasteiger partial charge >= 0.3 is 0 Å². The van der Waals surface area contributed by atoms with Crippen LogP contribution in [0.1, 0.15) is 25.7 Å². The Morgan fingerprint density at radius 3 is 2.52 bits per heavy atom. The summed E-state index contributed by atoms with van der Waals surface area (Å²) < 4.78 is 11.3. The van der Waals surface area contributed by atoms with Crippen molar-refractivity contribution in [3.63, 3.8) is 0 Å². The van der Waals surface area contributed by atoms with Crippen molar-refractivity contribution in [1.82, 2.24) is 4.98 Å². The lowest BCUT2D eigenvalue weighted by atomic mass is 9.86. The predicted molar refractivity (Wildman–Crippen MR) is 114 cm³/mol. The summed E-state index contributed by atoms with van der Waals surface area (Å²) in [4.78, 5) is 19.1. The first-order valence-corrected chi connectivity index (χ1v) is 10.6. The van der Waals surface area contributed by atoms with Gasteiger partial charge in [0.05, 0.1) is 13.2 Å². The zero-order valence-electron chi connectivity index (χ0n) is 16.4. The fourth-order valence-corrected chi connectivity index (χ4v) is 4.03. The number of hydrogen-bond donors (Lipinski definition) is 1. The highest BCUT2D eigenvalue weighted by Crippen LogP contribution is 2.29. The van der Waals surface area contributed by atoms with Gasteiger partial charge in [-0.3, -0.25) is 4.79 Å². The van der Waals surface area contributed by atoms with Crippen LogP contribution >= 0.6 is 11.6 Å². The van der Waals surface area contributed by atoms with E-state index in [2.05, 4.69) is 27.3 Å². The summed E-state index contributed by atoms with van der Waals surface area (Å²) in [5, 5.41) is 3.67. The topological polar surface area (TPSA) is 63.7 Å². The molecule has 1 aliphatic heterocycles. The number of carbonyl (C=O) groups is 1. The molecule has 2 heterocycles. The third-order valence-corrected chi connectivity index (χ3v) is 5.78. The summed E-state index contributed by atoms with van der Waals surface area (Å²) in [5.41, 5.74) is 2.01. The highest BCUT2D eigenvalue weighted by Gasteiger charge is 2.27. The monoisotopic (exact) mass is 415 g/mol. The van der Waals surface area contributed by atoms with Crippen LogP contribution in [0.4, 0.5) is 11.4 Å². The Balaban J connectivity index is 1.25. The number of carbonyl (C=O) groups excluding carboxylic acids is 1. The van der Waals surface area contributed by atoms with Gasteiger partial charge in [0.1, 0.15) is 6.10 Å². The molecule has 7 heteroatoms. The zero-order valence-corrected chi connectivity index (χ0v) is 17.1. The van der Waals surface area contributed by atoms with Crippen LogP contribution < -0.4 is 15.0 Å². The van der Waals surface area contributed by atoms with E-state index in [-0.39, 0.29) is 17.9 Å². The van der Waals surface area contributed by atoms with Crippen LogP contribution in [-0.4, -0.2) is 43.3 Å². The first kappa shape index (κ1) is 20.0. The molecule has 2 aliphatic rings. The van der Waals surface area contributed by atoms with E-state index in [1.165, 1.54) is 5.69 Å². The molecule has 1 aromatic carbocycles. The van der Waals surface area contributed by atoms with Gasteiger partial charge in [0.25, 0.3) is 0 Å². The van der Waals surface area contributed by atoms with E-state index in [4.69, 9.17) is 21.1 Å².